The number of esters is 1. The molecule has 0 unspecified atom stereocenters. The summed E-state index contributed by atoms with van der Waals surface area (Å²) in [7, 11) is 0. The van der Waals surface area contributed by atoms with Gasteiger partial charge in [0.2, 0.25) is 0 Å². The summed E-state index contributed by atoms with van der Waals surface area (Å²) in [6, 6.07) is 16.0. The number of para-hydroxylation sites is 1. The number of amides is 2. The summed E-state index contributed by atoms with van der Waals surface area (Å²) in [4.78, 5) is 52.0. The first-order valence-corrected chi connectivity index (χ1v) is 10.6. The summed E-state index contributed by atoms with van der Waals surface area (Å²) in [5.74, 6) is -1.15. The molecule has 170 valence electrons. The fourth-order valence-electron chi connectivity index (χ4n) is 3.92. The number of carbonyl (C=O) groups is 4. The fraction of sp³-hybridized carbons (Fsp3) is 0.154. The molecule has 0 spiro atoms. The highest BCUT2D eigenvalue weighted by Gasteiger charge is 2.37. The molecule has 2 aliphatic heterocycles. The molecule has 0 fully saturated rings. The van der Waals surface area contributed by atoms with Crippen LogP contribution in [0.4, 0.5) is 5.69 Å². The highest BCUT2D eigenvalue weighted by molar-refractivity contribution is 6.35. The fourth-order valence-corrected chi connectivity index (χ4v) is 3.92. The second-order valence-electron chi connectivity index (χ2n) is 7.85. The number of ketones is 1. The van der Waals surface area contributed by atoms with E-state index in [1.54, 1.807) is 43.3 Å². The molecule has 0 atom stereocenters. The van der Waals surface area contributed by atoms with Gasteiger partial charge < -0.3 is 14.2 Å². The number of aryl methyl sites for hydroxylation is 1. The summed E-state index contributed by atoms with van der Waals surface area (Å²) >= 11 is 0. The number of Topliss-reactive ketones (excluding diaryl/α,β-unsaturated/α-hetero) is 1. The van der Waals surface area contributed by atoms with Crippen LogP contribution in [-0.2, 0) is 4.74 Å². The third kappa shape index (κ3) is 3.69. The van der Waals surface area contributed by atoms with Crippen molar-refractivity contribution in [2.24, 2.45) is 0 Å². The number of ether oxygens (including phenoxy) is 3. The van der Waals surface area contributed by atoms with Gasteiger partial charge in [0.1, 0.15) is 13.2 Å². The van der Waals surface area contributed by atoms with Gasteiger partial charge >= 0.3 is 5.97 Å². The smallest absolute Gasteiger partial charge is 0.338 e. The zero-order valence-electron chi connectivity index (χ0n) is 18.2. The molecule has 0 aromatic heterocycles. The van der Waals surface area contributed by atoms with Gasteiger partial charge in [-0.2, -0.15) is 0 Å². The van der Waals surface area contributed by atoms with Crippen LogP contribution < -0.4 is 14.4 Å². The molecule has 5 rings (SSSR count). The van der Waals surface area contributed by atoms with Crippen molar-refractivity contribution in [1.82, 2.24) is 0 Å². The quantitative estimate of drug-likeness (QED) is 0.328. The topological polar surface area (TPSA) is 99.2 Å². The third-order valence-corrected chi connectivity index (χ3v) is 5.68. The van der Waals surface area contributed by atoms with Crippen molar-refractivity contribution in [3.05, 3.63) is 88.5 Å². The molecule has 34 heavy (non-hydrogen) atoms. The molecule has 3 aromatic carbocycles. The Morgan fingerprint density at radius 1 is 0.853 bits per heavy atom. The number of hydrogen-bond donors (Lipinski definition) is 0. The van der Waals surface area contributed by atoms with Crippen molar-refractivity contribution in [3.8, 4) is 11.5 Å². The minimum atomic E-state index is -0.775. The molecule has 0 saturated heterocycles. The van der Waals surface area contributed by atoms with Crippen molar-refractivity contribution >= 4 is 29.3 Å². The van der Waals surface area contributed by atoms with E-state index in [-0.39, 0.29) is 16.7 Å². The number of hydrogen-bond acceptors (Lipinski definition) is 7. The van der Waals surface area contributed by atoms with Crippen molar-refractivity contribution in [3.63, 3.8) is 0 Å². The molecule has 2 amide bonds. The minimum Gasteiger partial charge on any atom is -0.486 e. The molecule has 0 bridgehead atoms. The van der Waals surface area contributed by atoms with E-state index in [0.717, 1.165) is 10.5 Å². The molecule has 8 heteroatoms. The first kappa shape index (κ1) is 21.4. The van der Waals surface area contributed by atoms with E-state index in [4.69, 9.17) is 14.2 Å². The van der Waals surface area contributed by atoms with Gasteiger partial charge in [-0.1, -0.05) is 18.2 Å². The Labute approximate surface area is 194 Å². The number of rotatable bonds is 5. The summed E-state index contributed by atoms with van der Waals surface area (Å²) in [5, 5.41) is 0. The van der Waals surface area contributed by atoms with Gasteiger partial charge in [0.25, 0.3) is 11.8 Å². The maximum Gasteiger partial charge on any atom is 0.338 e. The van der Waals surface area contributed by atoms with E-state index < -0.39 is 30.2 Å². The SMILES string of the molecule is Cc1ccccc1N1C(=O)c2ccc(C(=O)OCC(=O)c3ccc4c(c3)OCCO4)cc2C1=O. The van der Waals surface area contributed by atoms with Crippen LogP contribution in [0.15, 0.2) is 60.7 Å². The molecule has 3 aromatic rings. The summed E-state index contributed by atoms with van der Waals surface area (Å²) < 4.78 is 16.1. The average molecular weight is 457 g/mol. The van der Waals surface area contributed by atoms with Crippen LogP contribution in [0, 0.1) is 6.92 Å². The van der Waals surface area contributed by atoms with E-state index in [1.807, 2.05) is 6.07 Å². The van der Waals surface area contributed by atoms with Gasteiger partial charge in [0.15, 0.2) is 23.9 Å². The molecule has 0 aliphatic carbocycles. The van der Waals surface area contributed by atoms with Gasteiger partial charge in [-0.05, 0) is 55.0 Å². The number of imide groups is 1. The Kier molecular flexibility index (Phi) is 5.33. The van der Waals surface area contributed by atoms with Crippen LogP contribution in [0.3, 0.4) is 0 Å². The predicted octanol–water partition coefficient (Wildman–Crippen LogP) is 3.61. The van der Waals surface area contributed by atoms with Gasteiger partial charge in [-0.15, -0.1) is 0 Å². The summed E-state index contributed by atoms with van der Waals surface area (Å²) in [6.07, 6.45) is 0. The Morgan fingerprint density at radius 3 is 2.35 bits per heavy atom. The maximum atomic E-state index is 13.0. The Bertz CT molecular complexity index is 1360. The summed E-state index contributed by atoms with van der Waals surface area (Å²) in [5.41, 5.74) is 1.97. The molecule has 0 N–H and O–H groups in total. The zero-order chi connectivity index (χ0) is 23.8. The largest absolute Gasteiger partial charge is 0.486 e. The number of nitrogens with zero attached hydrogens (tertiary/aromatic N) is 1. The third-order valence-electron chi connectivity index (χ3n) is 5.68. The predicted molar refractivity (Wildman–Crippen MR) is 121 cm³/mol. The van der Waals surface area contributed by atoms with Crippen LogP contribution in [0.1, 0.15) is 47.0 Å². The standard InChI is InChI=1S/C26H19NO7/c1-15-4-2-3-5-20(15)27-24(29)18-8-6-17(12-19(18)25(27)30)26(31)34-14-21(28)16-7-9-22-23(13-16)33-11-10-32-22/h2-9,12-13H,10-11,14H2,1H3. The van der Waals surface area contributed by atoms with Crippen LogP contribution >= 0.6 is 0 Å². The van der Waals surface area contributed by atoms with Gasteiger partial charge in [0, 0.05) is 5.56 Å². The lowest BCUT2D eigenvalue weighted by Crippen LogP contribution is -2.29. The molecule has 0 radical (unpaired) electrons. The Balaban J connectivity index is 1.30. The number of carbonyl (C=O) groups excluding carboxylic acids is 4. The van der Waals surface area contributed by atoms with Crippen LogP contribution in [0.2, 0.25) is 0 Å². The van der Waals surface area contributed by atoms with E-state index in [9.17, 15) is 19.2 Å². The van der Waals surface area contributed by atoms with Crippen molar-refractivity contribution in [2.45, 2.75) is 6.92 Å². The van der Waals surface area contributed by atoms with Crippen molar-refractivity contribution < 1.29 is 33.4 Å². The number of benzene rings is 3. The molecule has 8 nitrogen and oxygen atoms in total. The van der Waals surface area contributed by atoms with E-state index in [1.165, 1.54) is 18.2 Å². The van der Waals surface area contributed by atoms with Crippen LogP contribution in [0.25, 0.3) is 0 Å². The Morgan fingerprint density at radius 2 is 1.56 bits per heavy atom. The van der Waals surface area contributed by atoms with E-state index >= 15 is 0 Å². The lowest BCUT2D eigenvalue weighted by atomic mass is 10.1. The summed E-state index contributed by atoms with van der Waals surface area (Å²) in [6.45, 7) is 2.15. The van der Waals surface area contributed by atoms with Crippen LogP contribution in [0.5, 0.6) is 11.5 Å². The second kappa shape index (κ2) is 8.47. The minimum absolute atomic E-state index is 0.0708. The number of anilines is 1. The molecule has 2 aliphatic rings. The normalized spacial score (nSPS) is 14.1. The van der Waals surface area contributed by atoms with E-state index in [0.29, 0.717) is 36.0 Å². The number of fused-ring (bicyclic) bond motifs is 2. The van der Waals surface area contributed by atoms with Gasteiger partial charge in [-0.25, -0.2) is 9.69 Å². The van der Waals surface area contributed by atoms with Gasteiger partial charge in [0.05, 0.1) is 22.4 Å². The lowest BCUT2D eigenvalue weighted by Gasteiger charge is -2.18. The maximum absolute atomic E-state index is 13.0. The first-order valence-electron chi connectivity index (χ1n) is 10.6. The van der Waals surface area contributed by atoms with Crippen LogP contribution in [-0.4, -0.2) is 43.4 Å². The molecule has 2 heterocycles. The van der Waals surface area contributed by atoms with E-state index in [2.05, 4.69) is 0 Å². The monoisotopic (exact) mass is 457 g/mol. The molecular formula is C26H19NO7. The van der Waals surface area contributed by atoms with Crippen molar-refractivity contribution in [1.29, 1.82) is 0 Å². The zero-order valence-corrected chi connectivity index (χ0v) is 18.2. The van der Waals surface area contributed by atoms with Gasteiger partial charge in [-0.3, -0.25) is 14.4 Å². The second-order valence-corrected chi connectivity index (χ2v) is 7.85. The Hall–Kier alpha value is -4.46. The van der Waals surface area contributed by atoms with Crippen molar-refractivity contribution in [2.75, 3.05) is 24.7 Å². The highest BCUT2D eigenvalue weighted by Crippen LogP contribution is 2.32. The highest BCUT2D eigenvalue weighted by atomic mass is 16.6. The lowest BCUT2D eigenvalue weighted by molar-refractivity contribution is 0.0474. The average Bonchev–Trinajstić information content (AvgIpc) is 3.11. The molecular weight excluding hydrogens is 438 g/mol. The first-order chi connectivity index (χ1) is 16.4. The molecule has 0 saturated carbocycles.